The van der Waals surface area contributed by atoms with Crippen LogP contribution in [0.1, 0.15) is 12.1 Å². The summed E-state index contributed by atoms with van der Waals surface area (Å²) in [4.78, 5) is 10.7. The molecule has 0 bridgehead atoms. The molecule has 0 aliphatic carbocycles. The fraction of sp³-hybridized carbons (Fsp3) is 0.556. The van der Waals surface area contributed by atoms with Crippen LogP contribution in [-0.4, -0.2) is 29.1 Å². The number of aryl methyl sites for hydroxylation is 1. The molecule has 5 heteroatoms. The van der Waals surface area contributed by atoms with Crippen LogP contribution in [0.4, 0.5) is 5.82 Å². The summed E-state index contributed by atoms with van der Waals surface area (Å²) in [5.41, 5.74) is 6.81. The predicted octanol–water partition coefficient (Wildman–Crippen LogP) is 0.744. The molecule has 2 rings (SSSR count). The van der Waals surface area contributed by atoms with E-state index < -0.39 is 0 Å². The molecule has 0 aromatic carbocycles. The molecule has 4 nitrogen and oxygen atoms in total. The third-order valence-corrected chi connectivity index (χ3v) is 2.38. The number of halogens is 1. The number of nitrogens with two attached hydrogens (primary N) is 1. The van der Waals surface area contributed by atoms with E-state index in [2.05, 4.69) is 14.9 Å². The fourth-order valence-electron chi connectivity index (χ4n) is 1.69. The largest absolute Gasteiger partial charge is 0.354 e. The second-order valence-electron chi connectivity index (χ2n) is 3.46. The molecule has 2 N–H and O–H groups in total. The Labute approximate surface area is 89.9 Å². The first-order valence-electron chi connectivity index (χ1n) is 4.55. The fourth-order valence-corrected chi connectivity index (χ4v) is 1.69. The molecule has 78 valence electrons. The maximum atomic E-state index is 5.82. The van der Waals surface area contributed by atoms with Gasteiger partial charge in [-0.25, -0.2) is 4.98 Å². The van der Waals surface area contributed by atoms with Gasteiger partial charge in [-0.2, -0.15) is 0 Å². The van der Waals surface area contributed by atoms with Crippen LogP contribution in [0.5, 0.6) is 0 Å². The van der Waals surface area contributed by atoms with Crippen molar-refractivity contribution in [2.75, 3.05) is 18.0 Å². The normalized spacial score (nSPS) is 20.7. The van der Waals surface area contributed by atoms with Crippen LogP contribution in [-0.2, 0) is 0 Å². The molecule has 1 fully saturated rings. The van der Waals surface area contributed by atoms with Crippen molar-refractivity contribution in [3.63, 3.8) is 0 Å². The Morgan fingerprint density at radius 3 is 2.71 bits per heavy atom. The molecule has 0 spiro atoms. The molecule has 1 saturated heterocycles. The molecule has 14 heavy (non-hydrogen) atoms. The minimum Gasteiger partial charge on any atom is -0.354 e. The van der Waals surface area contributed by atoms with E-state index in [9.17, 15) is 0 Å². The van der Waals surface area contributed by atoms with Crippen LogP contribution in [0.2, 0.25) is 0 Å². The molecule has 0 amide bonds. The van der Waals surface area contributed by atoms with Crippen molar-refractivity contribution >= 4 is 18.2 Å². The zero-order valence-electron chi connectivity index (χ0n) is 8.18. The molecule has 0 radical (unpaired) electrons. The highest BCUT2D eigenvalue weighted by Crippen LogP contribution is 2.18. The van der Waals surface area contributed by atoms with Crippen LogP contribution in [0, 0.1) is 6.92 Å². The summed E-state index contributed by atoms with van der Waals surface area (Å²) in [7, 11) is 0. The summed E-state index contributed by atoms with van der Waals surface area (Å²) in [6.07, 6.45) is 4.50. The van der Waals surface area contributed by atoms with Crippen molar-refractivity contribution < 1.29 is 0 Å². The molecular weight excluding hydrogens is 200 g/mol. The molecule has 0 saturated carbocycles. The van der Waals surface area contributed by atoms with Gasteiger partial charge in [-0.05, 0) is 13.3 Å². The highest BCUT2D eigenvalue weighted by Gasteiger charge is 2.21. The predicted molar refractivity (Wildman–Crippen MR) is 58.8 cm³/mol. The monoisotopic (exact) mass is 214 g/mol. The summed E-state index contributed by atoms with van der Waals surface area (Å²) in [6.45, 7) is 3.88. The van der Waals surface area contributed by atoms with Crippen LogP contribution in [0.25, 0.3) is 0 Å². The van der Waals surface area contributed by atoms with Gasteiger partial charge in [0.25, 0.3) is 0 Å². The summed E-state index contributed by atoms with van der Waals surface area (Å²) in [6, 6.07) is 0.293. The average molecular weight is 215 g/mol. The maximum Gasteiger partial charge on any atom is 0.150 e. The van der Waals surface area contributed by atoms with Gasteiger partial charge in [0, 0.05) is 31.5 Å². The van der Waals surface area contributed by atoms with Crippen molar-refractivity contribution in [2.45, 2.75) is 19.4 Å². The highest BCUT2D eigenvalue weighted by atomic mass is 35.5. The Bertz CT molecular complexity index is 305. The minimum absolute atomic E-state index is 0. The molecule has 1 aromatic rings. The van der Waals surface area contributed by atoms with Gasteiger partial charge in [-0.3, -0.25) is 4.98 Å². The molecule has 1 aromatic heterocycles. The van der Waals surface area contributed by atoms with Gasteiger partial charge in [0.2, 0.25) is 0 Å². The van der Waals surface area contributed by atoms with Crippen molar-refractivity contribution in [3.05, 3.63) is 18.1 Å². The summed E-state index contributed by atoms with van der Waals surface area (Å²) in [5, 5.41) is 0. The second kappa shape index (κ2) is 4.57. The summed E-state index contributed by atoms with van der Waals surface area (Å²) in [5.74, 6) is 0.982. The average Bonchev–Trinajstić information content (AvgIpc) is 2.53. The van der Waals surface area contributed by atoms with E-state index in [4.69, 9.17) is 5.73 Å². The minimum atomic E-state index is 0. The van der Waals surface area contributed by atoms with Gasteiger partial charge < -0.3 is 10.6 Å². The lowest BCUT2D eigenvalue weighted by molar-refractivity contribution is 0.751. The second-order valence-corrected chi connectivity index (χ2v) is 3.46. The van der Waals surface area contributed by atoms with E-state index in [-0.39, 0.29) is 12.4 Å². The summed E-state index contributed by atoms with van der Waals surface area (Å²) < 4.78 is 0. The zero-order chi connectivity index (χ0) is 9.26. The number of aromatic nitrogens is 2. The number of rotatable bonds is 1. The Balaban J connectivity index is 0.000000980. The lowest BCUT2D eigenvalue weighted by Crippen LogP contribution is -2.27. The Morgan fingerprint density at radius 2 is 2.14 bits per heavy atom. The first kappa shape index (κ1) is 11.2. The summed E-state index contributed by atoms with van der Waals surface area (Å²) >= 11 is 0. The molecule has 2 heterocycles. The highest BCUT2D eigenvalue weighted by molar-refractivity contribution is 5.85. The first-order valence-corrected chi connectivity index (χ1v) is 4.55. The number of nitrogens with zero attached hydrogens (tertiary/aromatic N) is 3. The van der Waals surface area contributed by atoms with Gasteiger partial charge in [-0.1, -0.05) is 0 Å². The van der Waals surface area contributed by atoms with Crippen molar-refractivity contribution in [2.24, 2.45) is 5.73 Å². The van der Waals surface area contributed by atoms with Crippen molar-refractivity contribution in [1.82, 2.24) is 9.97 Å². The van der Waals surface area contributed by atoms with Crippen LogP contribution < -0.4 is 10.6 Å². The standard InChI is InChI=1S/C9H14N4.ClH/c1-7-9(12-4-3-11-7)13-5-2-8(10)6-13;/h3-4,8H,2,5-6,10H2,1H3;1H/t8-;/m0./s1. The third-order valence-electron chi connectivity index (χ3n) is 2.38. The Morgan fingerprint density at radius 1 is 1.43 bits per heavy atom. The van der Waals surface area contributed by atoms with Crippen LogP contribution in [0.3, 0.4) is 0 Å². The van der Waals surface area contributed by atoms with E-state index >= 15 is 0 Å². The van der Waals surface area contributed by atoms with E-state index in [1.54, 1.807) is 12.4 Å². The smallest absolute Gasteiger partial charge is 0.150 e. The van der Waals surface area contributed by atoms with Gasteiger partial charge >= 0.3 is 0 Å². The van der Waals surface area contributed by atoms with Crippen LogP contribution in [0.15, 0.2) is 12.4 Å². The van der Waals surface area contributed by atoms with Gasteiger partial charge in [0.05, 0.1) is 5.69 Å². The number of hydrogen-bond donors (Lipinski definition) is 1. The molecule has 1 aliphatic heterocycles. The van der Waals surface area contributed by atoms with E-state index in [0.29, 0.717) is 6.04 Å². The molecule has 1 atom stereocenters. The van der Waals surface area contributed by atoms with E-state index in [0.717, 1.165) is 31.0 Å². The lowest BCUT2D eigenvalue weighted by Gasteiger charge is -2.17. The maximum absolute atomic E-state index is 5.82. The van der Waals surface area contributed by atoms with Gasteiger partial charge in [0.1, 0.15) is 5.82 Å². The topological polar surface area (TPSA) is 55.0 Å². The van der Waals surface area contributed by atoms with E-state index in [1.165, 1.54) is 0 Å². The van der Waals surface area contributed by atoms with Gasteiger partial charge in [-0.15, -0.1) is 12.4 Å². The van der Waals surface area contributed by atoms with Crippen molar-refractivity contribution in [3.8, 4) is 0 Å². The van der Waals surface area contributed by atoms with Gasteiger partial charge in [0.15, 0.2) is 0 Å². The van der Waals surface area contributed by atoms with E-state index in [1.807, 2.05) is 6.92 Å². The quantitative estimate of drug-likeness (QED) is 0.750. The first-order chi connectivity index (χ1) is 6.27. The number of hydrogen-bond acceptors (Lipinski definition) is 4. The Kier molecular flexibility index (Phi) is 3.66. The zero-order valence-corrected chi connectivity index (χ0v) is 9.00. The third kappa shape index (κ3) is 2.13. The molecule has 1 aliphatic rings. The van der Waals surface area contributed by atoms with Crippen LogP contribution >= 0.6 is 12.4 Å². The number of anilines is 1. The molecule has 0 unspecified atom stereocenters. The Hall–Kier alpha value is -0.870. The van der Waals surface area contributed by atoms with Crippen molar-refractivity contribution in [1.29, 1.82) is 0 Å². The molecular formula is C9H15ClN4. The SMILES string of the molecule is Cc1nccnc1N1CC[C@H](N)C1.Cl. The lowest BCUT2D eigenvalue weighted by atomic mass is 10.3.